The smallest absolute Gasteiger partial charge is 0.240 e. The first-order chi connectivity index (χ1) is 16.1. The normalized spacial score (nSPS) is 15.1. The highest BCUT2D eigenvalue weighted by Crippen LogP contribution is 2.32. The summed E-state index contributed by atoms with van der Waals surface area (Å²) in [7, 11) is 0. The van der Waals surface area contributed by atoms with E-state index < -0.39 is 0 Å². The molecule has 0 saturated carbocycles. The SMILES string of the molecule is Cc1ccc(C2=NNC(CSc3nnc(-c4ccc(Cl)nc4)n3-c3ccccc3Cl)O2)cc1. The van der Waals surface area contributed by atoms with Crippen molar-refractivity contribution in [3.8, 4) is 17.1 Å². The van der Waals surface area contributed by atoms with E-state index in [1.807, 2.05) is 66.1 Å². The van der Waals surface area contributed by atoms with Gasteiger partial charge in [-0.25, -0.2) is 4.98 Å². The van der Waals surface area contributed by atoms with Crippen LogP contribution in [0.15, 0.2) is 77.1 Å². The van der Waals surface area contributed by atoms with Crippen LogP contribution in [0.3, 0.4) is 0 Å². The lowest BCUT2D eigenvalue weighted by Gasteiger charge is -2.14. The van der Waals surface area contributed by atoms with Crippen molar-refractivity contribution < 1.29 is 4.74 Å². The highest BCUT2D eigenvalue weighted by Gasteiger charge is 2.24. The highest BCUT2D eigenvalue weighted by atomic mass is 35.5. The second kappa shape index (κ2) is 9.43. The second-order valence-electron chi connectivity index (χ2n) is 7.29. The van der Waals surface area contributed by atoms with Crippen LogP contribution in [0.2, 0.25) is 10.2 Å². The van der Waals surface area contributed by atoms with E-state index in [0.29, 0.717) is 32.8 Å². The number of aryl methyl sites for hydroxylation is 1. The molecule has 0 bridgehead atoms. The van der Waals surface area contributed by atoms with Crippen LogP contribution >= 0.6 is 35.0 Å². The van der Waals surface area contributed by atoms with Crippen LogP contribution in [0.5, 0.6) is 0 Å². The quantitative estimate of drug-likeness (QED) is 0.286. The molecular weight excluding hydrogens is 479 g/mol. The van der Waals surface area contributed by atoms with Gasteiger partial charge in [0.1, 0.15) is 5.15 Å². The number of nitrogens with one attached hydrogen (secondary N) is 1. The molecule has 1 atom stereocenters. The molecule has 0 amide bonds. The Balaban J connectivity index is 1.38. The van der Waals surface area contributed by atoms with E-state index in [9.17, 15) is 0 Å². The number of nitrogens with zero attached hydrogens (tertiary/aromatic N) is 5. The molecule has 1 aliphatic heterocycles. The lowest BCUT2D eigenvalue weighted by Crippen LogP contribution is -2.24. The first-order valence-corrected chi connectivity index (χ1v) is 11.8. The maximum absolute atomic E-state index is 6.52. The van der Waals surface area contributed by atoms with E-state index >= 15 is 0 Å². The van der Waals surface area contributed by atoms with Gasteiger partial charge >= 0.3 is 0 Å². The highest BCUT2D eigenvalue weighted by molar-refractivity contribution is 7.99. The lowest BCUT2D eigenvalue weighted by atomic mass is 10.1. The number of rotatable bonds is 6. The van der Waals surface area contributed by atoms with E-state index in [1.165, 1.54) is 17.3 Å². The molecule has 2 aromatic carbocycles. The molecule has 166 valence electrons. The van der Waals surface area contributed by atoms with Crippen molar-refractivity contribution >= 4 is 40.9 Å². The van der Waals surface area contributed by atoms with Crippen molar-refractivity contribution in [3.05, 3.63) is 88.2 Å². The lowest BCUT2D eigenvalue weighted by molar-refractivity contribution is 0.214. The number of pyridine rings is 1. The Morgan fingerprint density at radius 3 is 2.55 bits per heavy atom. The molecule has 2 aromatic heterocycles. The Morgan fingerprint density at radius 1 is 1.00 bits per heavy atom. The standard InChI is InChI=1S/C23H18Cl2N6OS/c1-14-6-8-15(9-7-14)22-29-27-20(32-22)13-33-23-30-28-21(16-10-11-19(25)26-12-16)31(23)18-5-3-2-4-17(18)24/h2-12,20,27H,13H2,1H3. The van der Waals surface area contributed by atoms with Gasteiger partial charge in [-0.3, -0.25) is 9.99 Å². The molecule has 7 nitrogen and oxygen atoms in total. The minimum Gasteiger partial charge on any atom is -0.450 e. The maximum atomic E-state index is 6.52. The summed E-state index contributed by atoms with van der Waals surface area (Å²) in [5, 5.41) is 14.8. The Labute approximate surface area is 204 Å². The van der Waals surface area contributed by atoms with E-state index in [2.05, 4.69) is 25.7 Å². The minimum absolute atomic E-state index is 0.302. The molecule has 1 unspecified atom stereocenters. The molecule has 5 rings (SSSR count). The van der Waals surface area contributed by atoms with Crippen molar-refractivity contribution in [1.29, 1.82) is 0 Å². The fourth-order valence-corrected chi connectivity index (χ4v) is 4.46. The van der Waals surface area contributed by atoms with Gasteiger partial charge in [-0.2, -0.15) is 0 Å². The number of hydrogen-bond acceptors (Lipinski definition) is 7. The summed E-state index contributed by atoms with van der Waals surface area (Å²) in [6.45, 7) is 2.04. The van der Waals surface area contributed by atoms with Gasteiger partial charge in [-0.05, 0) is 43.3 Å². The summed E-state index contributed by atoms with van der Waals surface area (Å²) in [6.07, 6.45) is 1.36. The number of thioether (sulfide) groups is 1. The molecule has 3 heterocycles. The molecule has 4 aromatic rings. The first-order valence-electron chi connectivity index (χ1n) is 10.1. The third-order valence-corrected chi connectivity index (χ3v) is 6.47. The minimum atomic E-state index is -0.302. The molecule has 0 saturated heterocycles. The zero-order chi connectivity index (χ0) is 22.8. The van der Waals surface area contributed by atoms with Gasteiger partial charge in [-0.15, -0.1) is 15.3 Å². The van der Waals surface area contributed by atoms with Crippen LogP contribution in [-0.4, -0.2) is 37.6 Å². The van der Waals surface area contributed by atoms with Crippen LogP contribution in [0.25, 0.3) is 17.1 Å². The number of para-hydroxylation sites is 1. The van der Waals surface area contributed by atoms with E-state index in [-0.39, 0.29) is 6.23 Å². The monoisotopic (exact) mass is 496 g/mol. The summed E-state index contributed by atoms with van der Waals surface area (Å²) < 4.78 is 7.90. The van der Waals surface area contributed by atoms with Crippen LogP contribution in [0, 0.1) is 6.92 Å². The predicted molar refractivity (Wildman–Crippen MR) is 131 cm³/mol. The molecule has 0 fully saturated rings. The molecule has 0 aliphatic carbocycles. The number of hydrogen-bond donors (Lipinski definition) is 1. The Bertz CT molecular complexity index is 1310. The molecule has 1 N–H and O–H groups in total. The van der Waals surface area contributed by atoms with Gasteiger partial charge in [0.15, 0.2) is 17.2 Å². The Hall–Kier alpha value is -3.07. The van der Waals surface area contributed by atoms with Gasteiger partial charge in [0, 0.05) is 17.3 Å². The van der Waals surface area contributed by atoms with Gasteiger partial charge in [0.2, 0.25) is 5.90 Å². The number of ether oxygens (including phenoxy) is 1. The topological polar surface area (TPSA) is 77.2 Å². The van der Waals surface area contributed by atoms with Crippen molar-refractivity contribution in [2.75, 3.05) is 5.75 Å². The predicted octanol–water partition coefficient (Wildman–Crippen LogP) is 5.34. The van der Waals surface area contributed by atoms with Gasteiger partial charge in [0.05, 0.1) is 16.5 Å². The largest absolute Gasteiger partial charge is 0.450 e. The molecule has 0 radical (unpaired) electrons. The summed E-state index contributed by atoms with van der Waals surface area (Å²) in [5.74, 6) is 1.74. The molecule has 0 spiro atoms. The maximum Gasteiger partial charge on any atom is 0.240 e. The molecule has 10 heteroatoms. The molecule has 1 aliphatic rings. The van der Waals surface area contributed by atoms with Crippen LogP contribution in [0.1, 0.15) is 11.1 Å². The van der Waals surface area contributed by atoms with E-state index in [0.717, 1.165) is 16.8 Å². The zero-order valence-electron chi connectivity index (χ0n) is 17.4. The van der Waals surface area contributed by atoms with E-state index in [4.69, 9.17) is 27.9 Å². The average molecular weight is 497 g/mol. The van der Waals surface area contributed by atoms with Gasteiger partial charge in [0.25, 0.3) is 0 Å². The molecular formula is C23H18Cl2N6OS. The number of aromatic nitrogens is 4. The Kier molecular flexibility index (Phi) is 6.22. The summed E-state index contributed by atoms with van der Waals surface area (Å²) in [5.41, 5.74) is 6.70. The first kappa shape index (κ1) is 21.8. The zero-order valence-corrected chi connectivity index (χ0v) is 19.8. The van der Waals surface area contributed by atoms with Crippen LogP contribution < -0.4 is 5.43 Å². The van der Waals surface area contributed by atoms with Crippen molar-refractivity contribution in [2.45, 2.75) is 18.3 Å². The fraction of sp³-hybridized carbons (Fsp3) is 0.130. The summed E-state index contributed by atoms with van der Waals surface area (Å²) in [6, 6.07) is 19.2. The van der Waals surface area contributed by atoms with Gasteiger partial charge in [-0.1, -0.05) is 64.8 Å². The summed E-state index contributed by atoms with van der Waals surface area (Å²) >= 11 is 14.0. The number of halogens is 2. The van der Waals surface area contributed by atoms with Crippen LogP contribution in [0.4, 0.5) is 0 Å². The molecule has 33 heavy (non-hydrogen) atoms. The third-order valence-electron chi connectivity index (χ3n) is 4.94. The Morgan fingerprint density at radius 2 is 1.79 bits per heavy atom. The average Bonchev–Trinajstić information content (AvgIpc) is 3.46. The number of hydrazone groups is 1. The van der Waals surface area contributed by atoms with Crippen molar-refractivity contribution in [2.24, 2.45) is 5.10 Å². The third kappa shape index (κ3) is 4.68. The van der Waals surface area contributed by atoms with Crippen molar-refractivity contribution in [3.63, 3.8) is 0 Å². The van der Waals surface area contributed by atoms with Gasteiger partial charge < -0.3 is 4.74 Å². The second-order valence-corrected chi connectivity index (χ2v) is 9.07. The van der Waals surface area contributed by atoms with E-state index in [1.54, 1.807) is 12.3 Å². The number of benzene rings is 2. The van der Waals surface area contributed by atoms with Crippen molar-refractivity contribution in [1.82, 2.24) is 25.2 Å². The summed E-state index contributed by atoms with van der Waals surface area (Å²) in [4.78, 5) is 4.17. The fourth-order valence-electron chi connectivity index (χ4n) is 3.28. The van der Waals surface area contributed by atoms with Crippen LogP contribution in [-0.2, 0) is 4.74 Å².